The maximum Gasteiger partial charge on any atom is 0.237 e. The van der Waals surface area contributed by atoms with Crippen LogP contribution >= 0.6 is 0 Å². The largest absolute Gasteiger partial charge is 0.370 e. The van der Waals surface area contributed by atoms with E-state index in [1.54, 1.807) is 0 Å². The highest BCUT2D eigenvalue weighted by molar-refractivity contribution is 5.87. The zero-order valence-corrected chi connectivity index (χ0v) is 10.4. The van der Waals surface area contributed by atoms with E-state index >= 15 is 0 Å². The van der Waals surface area contributed by atoms with Gasteiger partial charge in [0.25, 0.3) is 0 Å². The SMILES string of the molecule is CC(NC(=O)C(N)CC(N)=O)C1CCCCC1. The Balaban J connectivity index is 2.36. The first-order valence-corrected chi connectivity index (χ1v) is 6.35. The van der Waals surface area contributed by atoms with Crippen LogP contribution in [-0.4, -0.2) is 23.9 Å². The molecule has 0 aromatic carbocycles. The number of amides is 2. The molecule has 5 nitrogen and oxygen atoms in total. The predicted molar refractivity (Wildman–Crippen MR) is 66.0 cm³/mol. The molecule has 1 rings (SSSR count). The van der Waals surface area contributed by atoms with Gasteiger partial charge in [-0.2, -0.15) is 0 Å². The summed E-state index contributed by atoms with van der Waals surface area (Å²) in [5.74, 6) is -0.284. The molecule has 5 heteroatoms. The van der Waals surface area contributed by atoms with E-state index in [-0.39, 0.29) is 18.4 Å². The van der Waals surface area contributed by atoms with Gasteiger partial charge in [-0.1, -0.05) is 19.3 Å². The molecule has 1 fully saturated rings. The first kappa shape index (κ1) is 14.0. The zero-order chi connectivity index (χ0) is 12.8. The Labute approximate surface area is 102 Å². The van der Waals surface area contributed by atoms with Crippen molar-refractivity contribution in [3.05, 3.63) is 0 Å². The van der Waals surface area contributed by atoms with E-state index in [9.17, 15) is 9.59 Å². The van der Waals surface area contributed by atoms with Crippen LogP contribution in [0.2, 0.25) is 0 Å². The zero-order valence-electron chi connectivity index (χ0n) is 10.4. The normalized spacial score (nSPS) is 20.6. The lowest BCUT2D eigenvalue weighted by Crippen LogP contribution is -2.48. The molecule has 0 heterocycles. The first-order valence-electron chi connectivity index (χ1n) is 6.35. The summed E-state index contributed by atoms with van der Waals surface area (Å²) in [5, 5.41) is 2.88. The second-order valence-corrected chi connectivity index (χ2v) is 4.97. The number of nitrogens with one attached hydrogen (secondary N) is 1. The van der Waals surface area contributed by atoms with E-state index in [1.165, 1.54) is 19.3 Å². The highest BCUT2D eigenvalue weighted by Crippen LogP contribution is 2.26. The van der Waals surface area contributed by atoms with Gasteiger partial charge in [0.1, 0.15) is 0 Å². The van der Waals surface area contributed by atoms with Crippen LogP contribution in [-0.2, 0) is 9.59 Å². The summed E-state index contributed by atoms with van der Waals surface area (Å²) < 4.78 is 0. The van der Waals surface area contributed by atoms with E-state index in [4.69, 9.17) is 11.5 Å². The van der Waals surface area contributed by atoms with Gasteiger partial charge in [0.05, 0.1) is 12.5 Å². The van der Waals surface area contributed by atoms with E-state index in [0.29, 0.717) is 5.92 Å². The Morgan fingerprint density at radius 2 is 1.88 bits per heavy atom. The fourth-order valence-corrected chi connectivity index (χ4v) is 2.39. The summed E-state index contributed by atoms with van der Waals surface area (Å²) in [6.45, 7) is 2.00. The third-order valence-corrected chi connectivity index (χ3v) is 3.48. The molecular formula is C12H23N3O2. The molecule has 0 saturated heterocycles. The van der Waals surface area contributed by atoms with Crippen molar-refractivity contribution in [3.8, 4) is 0 Å². The lowest BCUT2D eigenvalue weighted by molar-refractivity contribution is -0.127. The quantitative estimate of drug-likeness (QED) is 0.644. The molecule has 0 spiro atoms. The molecule has 0 aliphatic heterocycles. The van der Waals surface area contributed by atoms with E-state index in [1.807, 2.05) is 6.92 Å². The number of hydrogen-bond donors (Lipinski definition) is 3. The molecule has 1 aliphatic carbocycles. The fraction of sp³-hybridized carbons (Fsp3) is 0.833. The second-order valence-electron chi connectivity index (χ2n) is 4.97. The molecule has 1 saturated carbocycles. The van der Waals surface area contributed by atoms with Crippen LogP contribution in [0.25, 0.3) is 0 Å². The third-order valence-electron chi connectivity index (χ3n) is 3.48. The maximum atomic E-state index is 11.7. The van der Waals surface area contributed by atoms with Gasteiger partial charge in [0.15, 0.2) is 0 Å². The number of carbonyl (C=O) groups excluding carboxylic acids is 2. The molecule has 17 heavy (non-hydrogen) atoms. The van der Waals surface area contributed by atoms with Crippen molar-refractivity contribution in [1.82, 2.24) is 5.32 Å². The summed E-state index contributed by atoms with van der Waals surface area (Å²) in [5.41, 5.74) is 10.6. The van der Waals surface area contributed by atoms with Gasteiger partial charge in [0, 0.05) is 6.04 Å². The Bertz CT molecular complexity index is 275. The average molecular weight is 241 g/mol. The molecule has 0 aromatic heterocycles. The Morgan fingerprint density at radius 3 is 2.41 bits per heavy atom. The van der Waals surface area contributed by atoms with Crippen LogP contribution < -0.4 is 16.8 Å². The molecule has 0 radical (unpaired) electrons. The van der Waals surface area contributed by atoms with E-state index in [2.05, 4.69) is 5.32 Å². The minimum atomic E-state index is -0.821. The molecule has 0 aromatic rings. The standard InChI is InChI=1S/C12H23N3O2/c1-8(9-5-3-2-4-6-9)15-12(17)10(13)7-11(14)16/h8-10H,2-7,13H2,1H3,(H2,14,16)(H,15,17). The number of nitrogens with two attached hydrogens (primary N) is 2. The summed E-state index contributed by atoms with van der Waals surface area (Å²) >= 11 is 0. The first-order chi connectivity index (χ1) is 8.00. The van der Waals surface area contributed by atoms with Gasteiger partial charge < -0.3 is 16.8 Å². The minimum Gasteiger partial charge on any atom is -0.370 e. The van der Waals surface area contributed by atoms with E-state index < -0.39 is 11.9 Å². The number of rotatable bonds is 5. The Hall–Kier alpha value is -1.10. The fourth-order valence-electron chi connectivity index (χ4n) is 2.39. The number of hydrogen-bond acceptors (Lipinski definition) is 3. The monoisotopic (exact) mass is 241 g/mol. The molecular weight excluding hydrogens is 218 g/mol. The highest BCUT2D eigenvalue weighted by Gasteiger charge is 2.24. The summed E-state index contributed by atoms with van der Waals surface area (Å²) in [6, 6.07) is -0.694. The molecule has 2 amide bonds. The number of carbonyl (C=O) groups is 2. The van der Waals surface area contributed by atoms with Crippen molar-refractivity contribution in [2.24, 2.45) is 17.4 Å². The Morgan fingerprint density at radius 1 is 1.29 bits per heavy atom. The second kappa shape index (κ2) is 6.59. The highest BCUT2D eigenvalue weighted by atomic mass is 16.2. The summed E-state index contributed by atoms with van der Waals surface area (Å²) in [4.78, 5) is 22.4. The van der Waals surface area contributed by atoms with Gasteiger partial charge in [0.2, 0.25) is 11.8 Å². The van der Waals surface area contributed by atoms with Crippen LogP contribution in [0.4, 0.5) is 0 Å². The molecule has 0 bridgehead atoms. The smallest absolute Gasteiger partial charge is 0.237 e. The Kier molecular flexibility index (Phi) is 5.41. The van der Waals surface area contributed by atoms with Crippen molar-refractivity contribution in [2.45, 2.75) is 57.5 Å². The van der Waals surface area contributed by atoms with Crippen LogP contribution in [0.15, 0.2) is 0 Å². The van der Waals surface area contributed by atoms with Crippen molar-refractivity contribution in [2.75, 3.05) is 0 Å². The summed E-state index contributed by atoms with van der Waals surface area (Å²) in [7, 11) is 0. The molecule has 5 N–H and O–H groups in total. The van der Waals surface area contributed by atoms with E-state index in [0.717, 1.165) is 12.8 Å². The number of primary amides is 1. The van der Waals surface area contributed by atoms with Crippen molar-refractivity contribution < 1.29 is 9.59 Å². The van der Waals surface area contributed by atoms with Crippen LogP contribution in [0.1, 0.15) is 45.4 Å². The van der Waals surface area contributed by atoms with Crippen molar-refractivity contribution in [3.63, 3.8) is 0 Å². The summed E-state index contributed by atoms with van der Waals surface area (Å²) in [6.07, 6.45) is 5.98. The molecule has 2 atom stereocenters. The maximum absolute atomic E-state index is 11.7. The van der Waals surface area contributed by atoms with Crippen LogP contribution in [0.3, 0.4) is 0 Å². The average Bonchev–Trinajstić information content (AvgIpc) is 2.29. The third kappa shape index (κ3) is 4.73. The van der Waals surface area contributed by atoms with Crippen LogP contribution in [0, 0.1) is 5.92 Å². The van der Waals surface area contributed by atoms with Gasteiger partial charge in [-0.05, 0) is 25.7 Å². The topological polar surface area (TPSA) is 98.2 Å². The molecule has 2 unspecified atom stereocenters. The molecule has 1 aliphatic rings. The van der Waals surface area contributed by atoms with Gasteiger partial charge in [-0.15, -0.1) is 0 Å². The van der Waals surface area contributed by atoms with Crippen molar-refractivity contribution in [1.29, 1.82) is 0 Å². The van der Waals surface area contributed by atoms with Crippen molar-refractivity contribution >= 4 is 11.8 Å². The van der Waals surface area contributed by atoms with Gasteiger partial charge in [-0.25, -0.2) is 0 Å². The van der Waals surface area contributed by atoms with Gasteiger partial charge in [-0.3, -0.25) is 9.59 Å². The molecule has 98 valence electrons. The lowest BCUT2D eigenvalue weighted by Gasteiger charge is -2.29. The van der Waals surface area contributed by atoms with Crippen LogP contribution in [0.5, 0.6) is 0 Å². The minimum absolute atomic E-state index is 0.0940. The lowest BCUT2D eigenvalue weighted by atomic mass is 9.84. The predicted octanol–water partition coefficient (Wildman–Crippen LogP) is 0.274. The van der Waals surface area contributed by atoms with Gasteiger partial charge >= 0.3 is 0 Å².